The quantitative estimate of drug-likeness (QED) is 0.827. The van der Waals surface area contributed by atoms with Gasteiger partial charge in [0, 0.05) is 30.2 Å². The molecule has 0 atom stereocenters. The number of H-pyrrole nitrogens is 1. The van der Waals surface area contributed by atoms with Gasteiger partial charge in [-0.15, -0.1) is 0 Å². The van der Waals surface area contributed by atoms with Gasteiger partial charge >= 0.3 is 0 Å². The third-order valence-corrected chi connectivity index (χ3v) is 3.44. The highest BCUT2D eigenvalue weighted by Crippen LogP contribution is 2.18. The molecule has 5 nitrogen and oxygen atoms in total. The molecule has 0 bridgehead atoms. The number of aromatic amines is 1. The second-order valence-electron chi connectivity index (χ2n) is 5.05. The number of nitrogens with one attached hydrogen (secondary N) is 2. The van der Waals surface area contributed by atoms with Crippen LogP contribution in [0.3, 0.4) is 0 Å². The second kappa shape index (κ2) is 6.35. The van der Waals surface area contributed by atoms with Crippen molar-refractivity contribution in [2.45, 2.75) is 27.2 Å². The largest absolute Gasteiger partial charge is 0.354 e. The lowest BCUT2D eigenvalue weighted by Gasteiger charge is -2.05. The van der Waals surface area contributed by atoms with Crippen LogP contribution in [-0.4, -0.2) is 28.2 Å². The summed E-state index contributed by atoms with van der Waals surface area (Å²) in [4.78, 5) is 30.8. The maximum Gasteiger partial charge on any atom is 0.268 e. The molecule has 0 aliphatic carbocycles. The maximum atomic E-state index is 12.2. The highest BCUT2D eigenvalue weighted by molar-refractivity contribution is 6.02. The summed E-state index contributed by atoms with van der Waals surface area (Å²) in [6.45, 7) is 5.62. The van der Waals surface area contributed by atoms with Crippen LogP contribution in [0, 0.1) is 13.8 Å². The molecule has 0 aliphatic rings. The monoisotopic (exact) mass is 285 g/mol. The zero-order valence-corrected chi connectivity index (χ0v) is 12.5. The molecule has 0 aromatic carbocycles. The van der Waals surface area contributed by atoms with Crippen molar-refractivity contribution in [3.05, 3.63) is 52.6 Å². The average molecular weight is 285 g/mol. The Bertz CT molecular complexity index is 660. The van der Waals surface area contributed by atoms with Crippen LogP contribution in [0.5, 0.6) is 0 Å². The first-order valence-electron chi connectivity index (χ1n) is 6.88. The minimum absolute atomic E-state index is 0.0318. The van der Waals surface area contributed by atoms with Crippen LogP contribution in [0.2, 0.25) is 0 Å². The van der Waals surface area contributed by atoms with Crippen LogP contribution in [0.4, 0.5) is 0 Å². The van der Waals surface area contributed by atoms with Gasteiger partial charge < -0.3 is 10.3 Å². The molecule has 0 aliphatic heterocycles. The first-order chi connectivity index (χ1) is 10.0. The van der Waals surface area contributed by atoms with Crippen molar-refractivity contribution in [2.75, 3.05) is 6.54 Å². The molecule has 0 fully saturated rings. The van der Waals surface area contributed by atoms with Gasteiger partial charge in [0.1, 0.15) is 5.69 Å². The Hall–Kier alpha value is -2.43. The third-order valence-electron chi connectivity index (χ3n) is 3.44. The molecule has 0 saturated heterocycles. The van der Waals surface area contributed by atoms with E-state index >= 15 is 0 Å². The van der Waals surface area contributed by atoms with E-state index in [1.54, 1.807) is 26.2 Å². The molecule has 2 aromatic heterocycles. The van der Waals surface area contributed by atoms with Crippen LogP contribution in [0.15, 0.2) is 24.5 Å². The van der Waals surface area contributed by atoms with Gasteiger partial charge in [0.15, 0.2) is 5.78 Å². The molecule has 2 N–H and O–H groups in total. The highest BCUT2D eigenvalue weighted by atomic mass is 16.2. The van der Waals surface area contributed by atoms with E-state index in [0.717, 1.165) is 17.7 Å². The standard InChI is InChI=1S/C16H19N3O2/c1-10-14(12(3)20)11(2)19-15(10)16(21)18-8-6-13-5-4-7-17-9-13/h4-5,7,9,19H,6,8H2,1-3H3,(H,18,21). The SMILES string of the molecule is CC(=O)c1c(C)[nH]c(C(=O)NCCc2cccnc2)c1C. The molecular formula is C16H19N3O2. The number of carbonyl (C=O) groups is 2. The molecular weight excluding hydrogens is 266 g/mol. The minimum atomic E-state index is -0.188. The average Bonchev–Trinajstić information content (AvgIpc) is 2.75. The maximum absolute atomic E-state index is 12.2. The van der Waals surface area contributed by atoms with Gasteiger partial charge in [-0.25, -0.2) is 0 Å². The van der Waals surface area contributed by atoms with E-state index in [2.05, 4.69) is 15.3 Å². The lowest BCUT2D eigenvalue weighted by molar-refractivity contribution is 0.0949. The number of aromatic nitrogens is 2. The molecule has 0 unspecified atom stereocenters. The molecule has 2 heterocycles. The van der Waals surface area contributed by atoms with E-state index < -0.39 is 0 Å². The molecule has 110 valence electrons. The summed E-state index contributed by atoms with van der Waals surface area (Å²) in [6, 6.07) is 3.84. The Morgan fingerprint density at radius 3 is 2.67 bits per heavy atom. The van der Waals surface area contributed by atoms with Gasteiger partial charge in [0.25, 0.3) is 5.91 Å². The number of hydrogen-bond donors (Lipinski definition) is 2. The van der Waals surface area contributed by atoms with Crippen molar-refractivity contribution in [2.24, 2.45) is 0 Å². The fraction of sp³-hybridized carbons (Fsp3) is 0.312. The summed E-state index contributed by atoms with van der Waals surface area (Å²) in [5.74, 6) is -0.220. The van der Waals surface area contributed by atoms with E-state index in [1.165, 1.54) is 6.92 Å². The lowest BCUT2D eigenvalue weighted by Crippen LogP contribution is -2.26. The third kappa shape index (κ3) is 3.37. The van der Waals surface area contributed by atoms with Crippen LogP contribution >= 0.6 is 0 Å². The van der Waals surface area contributed by atoms with Gasteiger partial charge in [-0.1, -0.05) is 6.07 Å². The Morgan fingerprint density at radius 1 is 1.33 bits per heavy atom. The van der Waals surface area contributed by atoms with E-state index in [4.69, 9.17) is 0 Å². The number of ketones is 1. The number of pyridine rings is 1. The topological polar surface area (TPSA) is 74.8 Å². The lowest BCUT2D eigenvalue weighted by atomic mass is 10.1. The number of nitrogens with zero attached hydrogens (tertiary/aromatic N) is 1. The Balaban J connectivity index is 2.01. The van der Waals surface area contributed by atoms with Crippen molar-refractivity contribution in [1.82, 2.24) is 15.3 Å². The first kappa shape index (κ1) is 15.0. The zero-order chi connectivity index (χ0) is 15.4. The Morgan fingerprint density at radius 2 is 2.10 bits per heavy atom. The van der Waals surface area contributed by atoms with Crippen LogP contribution in [0.1, 0.15) is 44.6 Å². The van der Waals surface area contributed by atoms with Crippen molar-refractivity contribution in [3.63, 3.8) is 0 Å². The predicted octanol–water partition coefficient (Wildman–Crippen LogP) is 2.20. The summed E-state index contributed by atoms with van der Waals surface area (Å²) in [6.07, 6.45) is 4.22. The summed E-state index contributed by atoms with van der Waals surface area (Å²) in [5.41, 5.74) is 3.58. The normalized spacial score (nSPS) is 10.4. The predicted molar refractivity (Wildman–Crippen MR) is 80.5 cm³/mol. The number of carbonyl (C=O) groups excluding carboxylic acids is 2. The number of amides is 1. The summed E-state index contributed by atoms with van der Waals surface area (Å²) in [5, 5.41) is 2.86. The van der Waals surface area contributed by atoms with Crippen molar-refractivity contribution in [3.8, 4) is 0 Å². The van der Waals surface area contributed by atoms with E-state index in [-0.39, 0.29) is 11.7 Å². The molecule has 2 aromatic rings. The van der Waals surface area contributed by atoms with E-state index in [9.17, 15) is 9.59 Å². The van der Waals surface area contributed by atoms with Crippen molar-refractivity contribution in [1.29, 1.82) is 0 Å². The fourth-order valence-electron chi connectivity index (χ4n) is 2.46. The summed E-state index contributed by atoms with van der Waals surface area (Å²) >= 11 is 0. The molecule has 2 rings (SSSR count). The first-order valence-corrected chi connectivity index (χ1v) is 6.88. The Kier molecular flexibility index (Phi) is 4.52. The summed E-state index contributed by atoms with van der Waals surface area (Å²) in [7, 11) is 0. The van der Waals surface area contributed by atoms with Crippen LogP contribution in [-0.2, 0) is 6.42 Å². The van der Waals surface area contributed by atoms with E-state index in [0.29, 0.717) is 23.4 Å². The number of aryl methyl sites for hydroxylation is 1. The smallest absolute Gasteiger partial charge is 0.268 e. The second-order valence-corrected chi connectivity index (χ2v) is 5.05. The van der Waals surface area contributed by atoms with Crippen LogP contribution < -0.4 is 5.32 Å². The molecule has 0 radical (unpaired) electrons. The molecule has 0 saturated carbocycles. The fourth-order valence-corrected chi connectivity index (χ4v) is 2.46. The number of hydrogen-bond acceptors (Lipinski definition) is 3. The highest BCUT2D eigenvalue weighted by Gasteiger charge is 2.19. The van der Waals surface area contributed by atoms with Gasteiger partial charge in [0.2, 0.25) is 0 Å². The van der Waals surface area contributed by atoms with Gasteiger partial charge in [-0.2, -0.15) is 0 Å². The van der Waals surface area contributed by atoms with Gasteiger partial charge in [-0.05, 0) is 44.4 Å². The zero-order valence-electron chi connectivity index (χ0n) is 12.5. The van der Waals surface area contributed by atoms with Crippen molar-refractivity contribution >= 4 is 11.7 Å². The number of Topliss-reactive ketones (excluding diaryl/α,β-unsaturated/α-hetero) is 1. The van der Waals surface area contributed by atoms with Crippen LogP contribution in [0.25, 0.3) is 0 Å². The Labute approximate surface area is 123 Å². The molecule has 21 heavy (non-hydrogen) atoms. The van der Waals surface area contributed by atoms with Gasteiger partial charge in [-0.3, -0.25) is 14.6 Å². The molecule has 5 heteroatoms. The number of rotatable bonds is 5. The minimum Gasteiger partial charge on any atom is -0.354 e. The molecule has 1 amide bonds. The van der Waals surface area contributed by atoms with Crippen molar-refractivity contribution < 1.29 is 9.59 Å². The van der Waals surface area contributed by atoms with E-state index in [1.807, 2.05) is 12.1 Å². The van der Waals surface area contributed by atoms with Gasteiger partial charge in [0.05, 0.1) is 0 Å². The molecule has 0 spiro atoms. The summed E-state index contributed by atoms with van der Waals surface area (Å²) < 4.78 is 0.